The van der Waals surface area contributed by atoms with E-state index in [2.05, 4.69) is 9.62 Å². The zero-order valence-electron chi connectivity index (χ0n) is 15.1. The third-order valence-corrected chi connectivity index (χ3v) is 6.10. The van der Waals surface area contributed by atoms with Crippen molar-refractivity contribution in [3.8, 4) is 5.75 Å². The standard InChI is InChI=1S/C20H26N2O3S/c1-25-20-12-6-5-11-18(20)19(22-13-7-8-14-22)15-21-26(23,24)16-17-9-3-2-4-10-17/h2-6,9-12,19,21H,7-8,13-16H2,1H3. The Labute approximate surface area is 156 Å². The molecule has 0 saturated carbocycles. The van der Waals surface area contributed by atoms with Crippen LogP contribution in [0.25, 0.3) is 0 Å². The normalized spacial score (nSPS) is 16.5. The van der Waals surface area contributed by atoms with Gasteiger partial charge in [-0.05, 0) is 37.6 Å². The molecule has 3 rings (SSSR count). The van der Waals surface area contributed by atoms with Crippen LogP contribution in [0.2, 0.25) is 0 Å². The molecule has 0 amide bonds. The summed E-state index contributed by atoms with van der Waals surface area (Å²) >= 11 is 0. The average molecular weight is 375 g/mol. The highest BCUT2D eigenvalue weighted by Gasteiger charge is 2.27. The van der Waals surface area contributed by atoms with Crippen LogP contribution in [0.1, 0.15) is 30.0 Å². The molecule has 1 aliphatic heterocycles. The van der Waals surface area contributed by atoms with Crippen LogP contribution in [0.15, 0.2) is 54.6 Å². The molecule has 5 nitrogen and oxygen atoms in total. The fourth-order valence-corrected chi connectivity index (χ4v) is 4.63. The van der Waals surface area contributed by atoms with Gasteiger partial charge in [0.1, 0.15) is 5.75 Å². The second kappa shape index (κ2) is 8.66. The Kier molecular flexibility index (Phi) is 6.29. The third kappa shape index (κ3) is 4.84. The summed E-state index contributed by atoms with van der Waals surface area (Å²) in [6.45, 7) is 2.29. The van der Waals surface area contributed by atoms with Crippen LogP contribution in [0.3, 0.4) is 0 Å². The van der Waals surface area contributed by atoms with E-state index in [1.165, 1.54) is 0 Å². The molecule has 0 radical (unpaired) electrons. The van der Waals surface area contributed by atoms with E-state index >= 15 is 0 Å². The van der Waals surface area contributed by atoms with Crippen LogP contribution in [0, 0.1) is 0 Å². The van der Waals surface area contributed by atoms with Crippen LogP contribution < -0.4 is 9.46 Å². The van der Waals surface area contributed by atoms with E-state index in [0.717, 1.165) is 42.8 Å². The number of sulfonamides is 1. The van der Waals surface area contributed by atoms with Crippen LogP contribution in [0.5, 0.6) is 5.75 Å². The van der Waals surface area contributed by atoms with Crippen molar-refractivity contribution < 1.29 is 13.2 Å². The summed E-state index contributed by atoms with van der Waals surface area (Å²) in [6.07, 6.45) is 2.28. The highest BCUT2D eigenvalue weighted by atomic mass is 32.2. The Balaban J connectivity index is 1.76. The molecule has 2 aromatic rings. The molecule has 1 fully saturated rings. The number of ether oxygens (including phenoxy) is 1. The monoisotopic (exact) mass is 374 g/mol. The SMILES string of the molecule is COc1ccccc1C(CNS(=O)(=O)Cc1ccccc1)N1CCCC1. The minimum absolute atomic E-state index is 0.00746. The number of para-hydroxylation sites is 1. The predicted molar refractivity (Wildman–Crippen MR) is 104 cm³/mol. The van der Waals surface area contributed by atoms with Crippen molar-refractivity contribution in [2.24, 2.45) is 0 Å². The number of rotatable bonds is 8. The minimum atomic E-state index is -3.40. The first-order valence-corrected chi connectivity index (χ1v) is 10.6. The minimum Gasteiger partial charge on any atom is -0.496 e. The van der Waals surface area contributed by atoms with Gasteiger partial charge >= 0.3 is 0 Å². The van der Waals surface area contributed by atoms with E-state index < -0.39 is 10.0 Å². The predicted octanol–water partition coefficient (Wildman–Crippen LogP) is 2.95. The number of methoxy groups -OCH3 is 1. The summed E-state index contributed by atoms with van der Waals surface area (Å²) < 4.78 is 33.4. The van der Waals surface area contributed by atoms with Gasteiger partial charge in [0.05, 0.1) is 18.9 Å². The lowest BCUT2D eigenvalue weighted by molar-refractivity contribution is 0.240. The van der Waals surface area contributed by atoms with E-state index in [0.29, 0.717) is 6.54 Å². The summed E-state index contributed by atoms with van der Waals surface area (Å²) in [5.41, 5.74) is 1.81. The Bertz CT molecular complexity index is 803. The summed E-state index contributed by atoms with van der Waals surface area (Å²) in [5.74, 6) is 0.790. The van der Waals surface area contributed by atoms with Crippen LogP contribution in [-0.4, -0.2) is 40.1 Å². The molecule has 0 bridgehead atoms. The number of nitrogens with one attached hydrogen (secondary N) is 1. The zero-order valence-corrected chi connectivity index (χ0v) is 15.9. The molecular weight excluding hydrogens is 348 g/mol. The van der Waals surface area contributed by atoms with Gasteiger partial charge in [0.15, 0.2) is 0 Å². The summed E-state index contributed by atoms with van der Waals surface area (Å²) in [5, 5.41) is 0. The fourth-order valence-electron chi connectivity index (χ4n) is 3.48. The first-order chi connectivity index (χ1) is 12.6. The second-order valence-corrected chi connectivity index (χ2v) is 8.40. The zero-order chi connectivity index (χ0) is 18.4. The lowest BCUT2D eigenvalue weighted by atomic mass is 10.0. The van der Waals surface area contributed by atoms with Crippen molar-refractivity contribution in [2.75, 3.05) is 26.7 Å². The summed E-state index contributed by atoms with van der Waals surface area (Å²) in [4.78, 5) is 2.34. The van der Waals surface area contributed by atoms with Crippen molar-refractivity contribution in [1.82, 2.24) is 9.62 Å². The first kappa shape index (κ1) is 18.9. The highest BCUT2D eigenvalue weighted by Crippen LogP contribution is 2.31. The van der Waals surface area contributed by atoms with Crippen LogP contribution >= 0.6 is 0 Å². The molecule has 1 saturated heterocycles. The van der Waals surface area contributed by atoms with Gasteiger partial charge in [-0.25, -0.2) is 13.1 Å². The number of nitrogens with zero attached hydrogens (tertiary/aromatic N) is 1. The van der Waals surface area contributed by atoms with Gasteiger partial charge in [0, 0.05) is 12.1 Å². The average Bonchev–Trinajstić information content (AvgIpc) is 3.17. The second-order valence-electron chi connectivity index (χ2n) is 6.59. The van der Waals surface area contributed by atoms with E-state index in [1.54, 1.807) is 7.11 Å². The largest absolute Gasteiger partial charge is 0.496 e. The lowest BCUT2D eigenvalue weighted by Gasteiger charge is -2.29. The maximum Gasteiger partial charge on any atom is 0.215 e. The molecule has 26 heavy (non-hydrogen) atoms. The molecule has 1 aliphatic rings. The maximum atomic E-state index is 12.5. The molecule has 140 valence electrons. The number of hydrogen-bond acceptors (Lipinski definition) is 4. The Hall–Kier alpha value is -1.89. The van der Waals surface area contributed by atoms with Gasteiger partial charge in [0.2, 0.25) is 10.0 Å². The highest BCUT2D eigenvalue weighted by molar-refractivity contribution is 7.88. The van der Waals surface area contributed by atoms with Crippen molar-refractivity contribution in [2.45, 2.75) is 24.6 Å². The Morgan fingerprint density at radius 3 is 2.38 bits per heavy atom. The van der Waals surface area contributed by atoms with Gasteiger partial charge in [0.25, 0.3) is 0 Å². The van der Waals surface area contributed by atoms with Crippen molar-refractivity contribution in [1.29, 1.82) is 0 Å². The number of hydrogen-bond donors (Lipinski definition) is 1. The first-order valence-electron chi connectivity index (χ1n) is 8.97. The van der Waals surface area contributed by atoms with Crippen LogP contribution in [-0.2, 0) is 15.8 Å². The molecule has 1 heterocycles. The molecular formula is C20H26N2O3S. The molecule has 1 N–H and O–H groups in total. The van der Waals surface area contributed by atoms with Gasteiger partial charge in [-0.3, -0.25) is 4.90 Å². The molecule has 1 atom stereocenters. The van der Waals surface area contributed by atoms with E-state index in [-0.39, 0.29) is 11.8 Å². The third-order valence-electron chi connectivity index (χ3n) is 4.78. The van der Waals surface area contributed by atoms with Gasteiger partial charge in [-0.15, -0.1) is 0 Å². The van der Waals surface area contributed by atoms with Crippen LogP contribution in [0.4, 0.5) is 0 Å². The fraction of sp³-hybridized carbons (Fsp3) is 0.400. The van der Waals surface area contributed by atoms with E-state index in [9.17, 15) is 8.42 Å². The molecule has 6 heteroatoms. The maximum absolute atomic E-state index is 12.5. The number of benzene rings is 2. The van der Waals surface area contributed by atoms with Gasteiger partial charge in [-0.2, -0.15) is 0 Å². The van der Waals surface area contributed by atoms with E-state index in [4.69, 9.17) is 4.74 Å². The van der Waals surface area contributed by atoms with Crippen molar-refractivity contribution >= 4 is 10.0 Å². The summed E-state index contributed by atoms with van der Waals surface area (Å²) in [7, 11) is -1.75. The Morgan fingerprint density at radius 2 is 1.69 bits per heavy atom. The van der Waals surface area contributed by atoms with Crippen molar-refractivity contribution in [3.05, 3.63) is 65.7 Å². The molecule has 0 aromatic heterocycles. The van der Waals surface area contributed by atoms with E-state index in [1.807, 2.05) is 54.6 Å². The Morgan fingerprint density at radius 1 is 1.04 bits per heavy atom. The smallest absolute Gasteiger partial charge is 0.215 e. The molecule has 0 spiro atoms. The van der Waals surface area contributed by atoms with Crippen molar-refractivity contribution in [3.63, 3.8) is 0 Å². The number of likely N-dealkylation sites (tertiary alicyclic amines) is 1. The van der Waals surface area contributed by atoms with Gasteiger partial charge in [-0.1, -0.05) is 48.5 Å². The molecule has 0 aliphatic carbocycles. The molecule has 2 aromatic carbocycles. The molecule has 1 unspecified atom stereocenters. The quantitative estimate of drug-likeness (QED) is 0.772. The summed E-state index contributed by atoms with van der Waals surface area (Å²) in [6, 6.07) is 17.1. The lowest BCUT2D eigenvalue weighted by Crippen LogP contribution is -2.37. The topological polar surface area (TPSA) is 58.6 Å². The van der Waals surface area contributed by atoms with Gasteiger partial charge < -0.3 is 4.74 Å².